The van der Waals surface area contributed by atoms with Crippen LogP contribution in [0.3, 0.4) is 0 Å². The van der Waals surface area contributed by atoms with E-state index in [1.54, 1.807) is 6.33 Å². The second kappa shape index (κ2) is 3.45. The standard InChI is InChI=1S/C13H11N3/c1-2-7-16-9-14-13-12(16)8-10-5-3-4-6-11(10)15-13/h2-6,8-9H,1,7H2. The van der Waals surface area contributed by atoms with Gasteiger partial charge in [0.05, 0.1) is 17.4 Å². The van der Waals surface area contributed by atoms with Crippen LogP contribution in [0.4, 0.5) is 0 Å². The molecule has 0 fully saturated rings. The zero-order valence-electron chi connectivity index (χ0n) is 8.80. The van der Waals surface area contributed by atoms with Crippen molar-refractivity contribution >= 4 is 22.1 Å². The molecule has 0 aliphatic rings. The van der Waals surface area contributed by atoms with Crippen molar-refractivity contribution in [3.8, 4) is 0 Å². The fourth-order valence-electron chi connectivity index (χ4n) is 1.87. The molecule has 3 rings (SSSR count). The zero-order chi connectivity index (χ0) is 11.0. The van der Waals surface area contributed by atoms with Crippen molar-refractivity contribution in [3.63, 3.8) is 0 Å². The molecule has 16 heavy (non-hydrogen) atoms. The second-order valence-electron chi connectivity index (χ2n) is 3.71. The first-order valence-electron chi connectivity index (χ1n) is 5.20. The number of nitrogens with zero attached hydrogens (tertiary/aromatic N) is 3. The van der Waals surface area contributed by atoms with Crippen molar-refractivity contribution < 1.29 is 0 Å². The van der Waals surface area contributed by atoms with Crippen molar-refractivity contribution in [2.45, 2.75) is 6.54 Å². The summed E-state index contributed by atoms with van der Waals surface area (Å²) in [6, 6.07) is 10.2. The smallest absolute Gasteiger partial charge is 0.178 e. The van der Waals surface area contributed by atoms with Crippen molar-refractivity contribution in [1.29, 1.82) is 0 Å². The summed E-state index contributed by atoms with van der Waals surface area (Å²) in [5.41, 5.74) is 2.83. The second-order valence-corrected chi connectivity index (χ2v) is 3.71. The van der Waals surface area contributed by atoms with E-state index < -0.39 is 0 Å². The number of allylic oxidation sites excluding steroid dienone is 1. The fourth-order valence-corrected chi connectivity index (χ4v) is 1.87. The summed E-state index contributed by atoms with van der Waals surface area (Å²) in [4.78, 5) is 8.81. The number of para-hydroxylation sites is 1. The molecule has 0 radical (unpaired) electrons. The van der Waals surface area contributed by atoms with Crippen LogP contribution in [0.25, 0.3) is 22.1 Å². The summed E-state index contributed by atoms with van der Waals surface area (Å²) >= 11 is 0. The first kappa shape index (κ1) is 9.09. The molecular formula is C13H11N3. The average molecular weight is 209 g/mol. The van der Waals surface area contributed by atoms with E-state index in [2.05, 4.69) is 28.7 Å². The van der Waals surface area contributed by atoms with Gasteiger partial charge in [-0.2, -0.15) is 0 Å². The molecule has 0 saturated heterocycles. The zero-order valence-corrected chi connectivity index (χ0v) is 8.80. The van der Waals surface area contributed by atoms with E-state index in [-0.39, 0.29) is 0 Å². The fraction of sp³-hybridized carbons (Fsp3) is 0.0769. The number of benzene rings is 1. The lowest BCUT2D eigenvalue weighted by molar-refractivity contribution is 0.851. The number of rotatable bonds is 2. The average Bonchev–Trinajstić information content (AvgIpc) is 2.70. The number of hydrogen-bond donors (Lipinski definition) is 0. The Kier molecular flexibility index (Phi) is 1.96. The Hall–Kier alpha value is -2.16. The number of hydrogen-bond acceptors (Lipinski definition) is 2. The first-order valence-corrected chi connectivity index (χ1v) is 5.20. The minimum absolute atomic E-state index is 0.760. The van der Waals surface area contributed by atoms with Crippen LogP contribution in [0.1, 0.15) is 0 Å². The lowest BCUT2D eigenvalue weighted by Crippen LogP contribution is -1.92. The van der Waals surface area contributed by atoms with Gasteiger partial charge in [0.1, 0.15) is 0 Å². The first-order chi connectivity index (χ1) is 7.88. The lowest BCUT2D eigenvalue weighted by Gasteiger charge is -2.00. The predicted octanol–water partition coefficient (Wildman–Crippen LogP) is 2.77. The minimum Gasteiger partial charge on any atom is -0.325 e. The van der Waals surface area contributed by atoms with Crippen molar-refractivity contribution in [3.05, 3.63) is 49.3 Å². The molecule has 0 bridgehead atoms. The van der Waals surface area contributed by atoms with E-state index in [9.17, 15) is 0 Å². The van der Waals surface area contributed by atoms with Gasteiger partial charge in [-0.1, -0.05) is 24.3 Å². The molecule has 2 heterocycles. The van der Waals surface area contributed by atoms with Crippen LogP contribution in [0.15, 0.2) is 49.3 Å². The maximum Gasteiger partial charge on any atom is 0.178 e. The summed E-state index contributed by atoms with van der Waals surface area (Å²) in [5, 5.41) is 1.14. The van der Waals surface area contributed by atoms with E-state index >= 15 is 0 Å². The quantitative estimate of drug-likeness (QED) is 0.607. The summed E-state index contributed by atoms with van der Waals surface area (Å²) in [6.45, 7) is 4.50. The highest BCUT2D eigenvalue weighted by molar-refractivity contribution is 5.89. The number of aromatic nitrogens is 3. The van der Waals surface area contributed by atoms with Gasteiger partial charge in [0, 0.05) is 11.9 Å². The van der Waals surface area contributed by atoms with Gasteiger partial charge >= 0.3 is 0 Å². The van der Waals surface area contributed by atoms with Crippen LogP contribution in [-0.2, 0) is 6.54 Å². The summed E-state index contributed by atoms with van der Waals surface area (Å²) in [5.74, 6) is 0. The lowest BCUT2D eigenvalue weighted by atomic mass is 10.2. The van der Waals surface area contributed by atoms with E-state index in [0.717, 1.165) is 28.6 Å². The normalized spacial score (nSPS) is 11.0. The Morgan fingerprint density at radius 1 is 1.31 bits per heavy atom. The van der Waals surface area contributed by atoms with Gasteiger partial charge < -0.3 is 4.57 Å². The Bertz CT molecular complexity index is 667. The molecule has 3 heteroatoms. The van der Waals surface area contributed by atoms with Crippen LogP contribution in [0, 0.1) is 0 Å². The molecule has 0 atom stereocenters. The van der Waals surface area contributed by atoms with Gasteiger partial charge in [0.2, 0.25) is 0 Å². The maximum atomic E-state index is 4.51. The molecule has 0 aliphatic carbocycles. The number of imidazole rings is 1. The SMILES string of the molecule is C=CCn1cnc2nc3ccccc3cc21. The molecule has 3 aromatic rings. The Balaban J connectivity index is 2.35. The molecule has 1 aromatic carbocycles. The van der Waals surface area contributed by atoms with E-state index in [4.69, 9.17) is 0 Å². The third kappa shape index (κ3) is 1.29. The van der Waals surface area contributed by atoms with Gasteiger partial charge in [0.15, 0.2) is 5.65 Å². The van der Waals surface area contributed by atoms with Crippen molar-refractivity contribution in [2.75, 3.05) is 0 Å². The van der Waals surface area contributed by atoms with Crippen LogP contribution in [-0.4, -0.2) is 14.5 Å². The highest BCUT2D eigenvalue weighted by Crippen LogP contribution is 2.18. The molecule has 0 amide bonds. The van der Waals surface area contributed by atoms with Crippen molar-refractivity contribution in [2.24, 2.45) is 0 Å². The topological polar surface area (TPSA) is 30.7 Å². The third-order valence-electron chi connectivity index (χ3n) is 2.64. The molecule has 78 valence electrons. The molecule has 0 saturated carbocycles. The summed E-state index contributed by atoms with van der Waals surface area (Å²) in [7, 11) is 0. The van der Waals surface area contributed by atoms with Crippen molar-refractivity contribution in [1.82, 2.24) is 14.5 Å². The highest BCUT2D eigenvalue weighted by atomic mass is 15.1. The molecule has 0 N–H and O–H groups in total. The van der Waals surface area contributed by atoms with Crippen LogP contribution < -0.4 is 0 Å². The molecular weight excluding hydrogens is 198 g/mol. The monoisotopic (exact) mass is 209 g/mol. The van der Waals surface area contributed by atoms with Crippen LogP contribution >= 0.6 is 0 Å². The number of fused-ring (bicyclic) bond motifs is 2. The Morgan fingerprint density at radius 2 is 2.19 bits per heavy atom. The Labute approximate surface area is 93.1 Å². The highest BCUT2D eigenvalue weighted by Gasteiger charge is 2.04. The largest absolute Gasteiger partial charge is 0.325 e. The summed E-state index contributed by atoms with van der Waals surface area (Å²) in [6.07, 6.45) is 3.66. The third-order valence-corrected chi connectivity index (χ3v) is 2.64. The van der Waals surface area contributed by atoms with Gasteiger partial charge in [-0.05, 0) is 12.1 Å². The van der Waals surface area contributed by atoms with Gasteiger partial charge in [-0.25, -0.2) is 9.97 Å². The van der Waals surface area contributed by atoms with Crippen LogP contribution in [0.2, 0.25) is 0 Å². The molecule has 0 spiro atoms. The van der Waals surface area contributed by atoms with Gasteiger partial charge in [-0.3, -0.25) is 0 Å². The van der Waals surface area contributed by atoms with Gasteiger partial charge in [0.25, 0.3) is 0 Å². The maximum absolute atomic E-state index is 4.51. The van der Waals surface area contributed by atoms with E-state index in [1.165, 1.54) is 0 Å². The predicted molar refractivity (Wildman–Crippen MR) is 65.2 cm³/mol. The molecule has 3 nitrogen and oxygen atoms in total. The van der Waals surface area contributed by atoms with Crippen LogP contribution in [0.5, 0.6) is 0 Å². The van der Waals surface area contributed by atoms with Gasteiger partial charge in [-0.15, -0.1) is 6.58 Å². The summed E-state index contributed by atoms with van der Waals surface area (Å²) < 4.78 is 2.04. The molecule has 0 unspecified atom stereocenters. The van der Waals surface area contributed by atoms with E-state index in [1.807, 2.05) is 28.8 Å². The molecule has 0 aliphatic heterocycles. The number of pyridine rings is 1. The minimum atomic E-state index is 0.760. The Morgan fingerprint density at radius 3 is 3.06 bits per heavy atom. The molecule has 2 aromatic heterocycles. The van der Waals surface area contributed by atoms with E-state index in [0.29, 0.717) is 0 Å².